The molecule has 1 heterocycles. The molecule has 1 aromatic carbocycles. The van der Waals surface area contributed by atoms with Gasteiger partial charge in [-0.2, -0.15) is 0 Å². The molecule has 4 N–H and O–H groups in total. The number of aliphatic hydroxyl groups excluding tert-OH is 1. The predicted octanol–water partition coefficient (Wildman–Crippen LogP) is 3.40. The van der Waals surface area contributed by atoms with Crippen LogP contribution in [0.15, 0.2) is 24.4 Å². The maximum atomic E-state index is 12.0. The molecule has 1 aromatic heterocycles. The van der Waals surface area contributed by atoms with Crippen molar-refractivity contribution in [2.45, 2.75) is 70.8 Å². The third-order valence-corrected chi connectivity index (χ3v) is 8.37. The molecule has 9 heteroatoms. The first-order valence-corrected chi connectivity index (χ1v) is 13.5. The zero-order chi connectivity index (χ0) is 24.8. The van der Waals surface area contributed by atoms with Crippen molar-refractivity contribution in [2.75, 3.05) is 20.3 Å². The van der Waals surface area contributed by atoms with E-state index in [4.69, 9.17) is 10.5 Å². The summed E-state index contributed by atoms with van der Waals surface area (Å²) in [5.74, 6) is 0.651. The summed E-state index contributed by atoms with van der Waals surface area (Å²) in [7, 11) is 0.379. The summed E-state index contributed by atoms with van der Waals surface area (Å²) in [6, 6.07) is 6.13. The number of hydrogen-bond acceptors (Lipinski definition) is 5. The van der Waals surface area contributed by atoms with Gasteiger partial charge in [0.05, 0.1) is 11.4 Å². The summed E-state index contributed by atoms with van der Waals surface area (Å²) in [6.07, 6.45) is 4.72. The van der Waals surface area contributed by atoms with Gasteiger partial charge < -0.3 is 20.1 Å². The molecule has 2 rings (SSSR count). The molecule has 0 saturated carbocycles. The first-order chi connectivity index (χ1) is 15.5. The highest BCUT2D eigenvalue weighted by atomic mass is 35.5. The lowest BCUT2D eigenvalue weighted by Crippen LogP contribution is -2.46. The van der Waals surface area contributed by atoms with E-state index >= 15 is 0 Å². The molecule has 3 unspecified atom stereocenters. The summed E-state index contributed by atoms with van der Waals surface area (Å²) >= 11 is 0. The summed E-state index contributed by atoms with van der Waals surface area (Å²) in [5.41, 5.74) is 10.1. The number of halogens is 1. The van der Waals surface area contributed by atoms with Gasteiger partial charge in [-0.15, -0.1) is 12.4 Å². The molecule has 0 spiro atoms. The first kappa shape index (κ1) is 30.9. The number of nitrogens with two attached hydrogens (primary N) is 1. The molecule has 0 amide bonds. The number of benzene rings is 1. The molecule has 0 fully saturated rings. The molecule has 3 atom stereocenters. The second-order valence-corrected chi connectivity index (χ2v) is 12.2. The van der Waals surface area contributed by atoms with Crippen LogP contribution in [-0.4, -0.2) is 55.7 Å². The number of ether oxygens (including phenoxy) is 1. The van der Waals surface area contributed by atoms with Crippen molar-refractivity contribution in [3.05, 3.63) is 35.5 Å². The minimum Gasteiger partial charge on any atom is -0.390 e. The Morgan fingerprint density at radius 3 is 2.47 bits per heavy atom. The van der Waals surface area contributed by atoms with Gasteiger partial charge in [0.2, 0.25) is 10.0 Å². The Balaban J connectivity index is 0.00000578. The molecule has 34 heavy (non-hydrogen) atoms. The van der Waals surface area contributed by atoms with Crippen molar-refractivity contribution in [3.8, 4) is 0 Å². The molecule has 0 aliphatic heterocycles. The zero-order valence-electron chi connectivity index (χ0n) is 21.5. The molecular weight excluding hydrogens is 474 g/mol. The van der Waals surface area contributed by atoms with Crippen LogP contribution in [-0.2, 0) is 34.6 Å². The predicted molar refractivity (Wildman–Crippen MR) is 143 cm³/mol. The summed E-state index contributed by atoms with van der Waals surface area (Å²) < 4.78 is 33.8. The second kappa shape index (κ2) is 13.8. The maximum Gasteiger partial charge on any atom is 0.214 e. The first-order valence-electron chi connectivity index (χ1n) is 11.9. The number of aliphatic hydroxyl groups is 1. The highest BCUT2D eigenvalue weighted by Crippen LogP contribution is 2.28. The van der Waals surface area contributed by atoms with Gasteiger partial charge in [0.25, 0.3) is 0 Å². The Labute approximate surface area is 211 Å². The van der Waals surface area contributed by atoms with Gasteiger partial charge in [-0.05, 0) is 74.6 Å². The maximum absolute atomic E-state index is 12.0. The van der Waals surface area contributed by atoms with Crippen molar-refractivity contribution in [1.29, 1.82) is 0 Å². The van der Waals surface area contributed by atoms with E-state index in [1.807, 2.05) is 0 Å². The van der Waals surface area contributed by atoms with Crippen LogP contribution in [0.3, 0.4) is 0 Å². The lowest BCUT2D eigenvalue weighted by atomic mass is 9.83. The SMILES string of the molecule is COCCCc1cn(C)c2ccc(CC(CC(N)C(O)CNS(=O)(=O)C(C)C)C(C)C)cc12.Cl. The van der Waals surface area contributed by atoms with Crippen LogP contribution in [0.4, 0.5) is 0 Å². The van der Waals surface area contributed by atoms with Crippen molar-refractivity contribution in [3.63, 3.8) is 0 Å². The van der Waals surface area contributed by atoms with Crippen molar-refractivity contribution in [2.24, 2.45) is 24.6 Å². The molecule has 0 radical (unpaired) electrons. The van der Waals surface area contributed by atoms with E-state index in [1.54, 1.807) is 21.0 Å². The molecule has 0 bridgehead atoms. The minimum atomic E-state index is -3.43. The van der Waals surface area contributed by atoms with E-state index in [9.17, 15) is 13.5 Å². The minimum absolute atomic E-state index is 0. The lowest BCUT2D eigenvalue weighted by Gasteiger charge is -2.27. The standard InChI is InChI=1S/C25H43N3O4S.ClH/c1-17(2)21(14-23(26)25(29)15-27-33(30,31)18(3)4)12-19-9-10-24-22(13-19)20(16-28(24)5)8-7-11-32-6;/h9-10,13,16-18,21,23,25,27,29H,7-8,11-12,14-15,26H2,1-6H3;1H. The third kappa shape index (κ3) is 8.50. The van der Waals surface area contributed by atoms with Gasteiger partial charge in [0, 0.05) is 50.5 Å². The monoisotopic (exact) mass is 517 g/mol. The van der Waals surface area contributed by atoms with E-state index < -0.39 is 27.4 Å². The smallest absolute Gasteiger partial charge is 0.214 e. The Morgan fingerprint density at radius 1 is 1.21 bits per heavy atom. The summed E-state index contributed by atoms with van der Waals surface area (Å²) in [4.78, 5) is 0. The molecule has 7 nitrogen and oxygen atoms in total. The van der Waals surface area contributed by atoms with Crippen LogP contribution in [0.25, 0.3) is 10.9 Å². The number of fused-ring (bicyclic) bond motifs is 1. The van der Waals surface area contributed by atoms with Crippen LogP contribution in [0.1, 0.15) is 51.7 Å². The molecule has 0 aliphatic rings. The third-order valence-electron chi connectivity index (χ3n) is 6.56. The molecule has 2 aromatic rings. The second-order valence-electron chi connectivity index (χ2n) is 9.83. The van der Waals surface area contributed by atoms with E-state index in [1.165, 1.54) is 22.0 Å². The van der Waals surface area contributed by atoms with Crippen LogP contribution < -0.4 is 10.5 Å². The van der Waals surface area contributed by atoms with Crippen molar-refractivity contribution >= 4 is 33.3 Å². The van der Waals surface area contributed by atoms with E-state index in [0.29, 0.717) is 12.3 Å². The molecule has 0 saturated heterocycles. The number of aryl methyl sites for hydroxylation is 2. The van der Waals surface area contributed by atoms with Gasteiger partial charge in [-0.3, -0.25) is 0 Å². The Morgan fingerprint density at radius 2 is 1.88 bits per heavy atom. The van der Waals surface area contributed by atoms with E-state index in [0.717, 1.165) is 25.9 Å². The quantitative estimate of drug-likeness (QED) is 0.333. The number of aromatic nitrogens is 1. The lowest BCUT2D eigenvalue weighted by molar-refractivity contribution is 0.129. The van der Waals surface area contributed by atoms with Gasteiger partial charge in [0.15, 0.2) is 0 Å². The highest BCUT2D eigenvalue weighted by molar-refractivity contribution is 7.90. The topological polar surface area (TPSA) is 107 Å². The zero-order valence-corrected chi connectivity index (χ0v) is 23.1. The fraction of sp³-hybridized carbons (Fsp3) is 0.680. The van der Waals surface area contributed by atoms with Crippen LogP contribution >= 0.6 is 12.4 Å². The van der Waals surface area contributed by atoms with Crippen molar-refractivity contribution in [1.82, 2.24) is 9.29 Å². The Kier molecular flexibility index (Phi) is 12.5. The Hall–Kier alpha value is -1.16. The highest BCUT2D eigenvalue weighted by Gasteiger charge is 2.25. The summed E-state index contributed by atoms with van der Waals surface area (Å²) in [5, 5.41) is 11.2. The fourth-order valence-electron chi connectivity index (χ4n) is 4.17. The molecule has 196 valence electrons. The van der Waals surface area contributed by atoms with Crippen LogP contribution in [0.2, 0.25) is 0 Å². The number of rotatable bonds is 14. The summed E-state index contributed by atoms with van der Waals surface area (Å²) in [6.45, 7) is 8.24. The average molecular weight is 518 g/mol. The number of sulfonamides is 1. The van der Waals surface area contributed by atoms with Crippen LogP contribution in [0, 0.1) is 11.8 Å². The number of nitrogens with zero attached hydrogens (tertiary/aromatic N) is 1. The molecular formula is C25H44ClN3O4S. The molecule has 0 aliphatic carbocycles. The normalized spacial score (nSPS) is 15.0. The van der Waals surface area contributed by atoms with Crippen molar-refractivity contribution < 1.29 is 18.3 Å². The van der Waals surface area contributed by atoms with Gasteiger partial charge in [-0.25, -0.2) is 13.1 Å². The fourth-order valence-corrected chi connectivity index (χ4v) is 4.91. The Bertz CT molecular complexity index is 991. The number of nitrogens with one attached hydrogen (secondary N) is 1. The number of hydrogen-bond donors (Lipinski definition) is 3. The largest absolute Gasteiger partial charge is 0.390 e. The van der Waals surface area contributed by atoms with Gasteiger partial charge in [-0.1, -0.05) is 19.9 Å². The van der Waals surface area contributed by atoms with E-state index in [2.05, 4.69) is 54.6 Å². The van der Waals surface area contributed by atoms with E-state index in [-0.39, 0.29) is 24.9 Å². The van der Waals surface area contributed by atoms with Gasteiger partial charge in [0.1, 0.15) is 0 Å². The number of methoxy groups -OCH3 is 1. The van der Waals surface area contributed by atoms with Gasteiger partial charge >= 0.3 is 0 Å². The van der Waals surface area contributed by atoms with Crippen LogP contribution in [0.5, 0.6) is 0 Å². The average Bonchev–Trinajstić information content (AvgIpc) is 3.06.